The molecule has 38 heavy (non-hydrogen) atoms. The molecule has 0 bridgehead atoms. The van der Waals surface area contributed by atoms with E-state index >= 15 is 0 Å². The number of aromatic nitrogens is 1. The fourth-order valence-corrected chi connectivity index (χ4v) is 7.45. The third-order valence-electron chi connectivity index (χ3n) is 6.86. The first kappa shape index (κ1) is 24.3. The number of amides is 1. The maximum Gasteiger partial charge on any atom is 0.279 e. The molecule has 0 atom stereocenters. The van der Waals surface area contributed by atoms with Crippen molar-refractivity contribution in [2.75, 3.05) is 6.54 Å². The molecule has 1 aliphatic rings. The van der Waals surface area contributed by atoms with Gasteiger partial charge < -0.3 is 4.57 Å². The molecule has 0 unspecified atom stereocenters. The van der Waals surface area contributed by atoms with Gasteiger partial charge in [0.05, 0.1) is 21.7 Å². The molecular formula is C30H23N3O3S2. The Labute approximate surface area is 224 Å². The Morgan fingerprint density at radius 2 is 1.68 bits per heavy atom. The molecule has 0 spiro atoms. The minimum absolute atomic E-state index is 0.157. The van der Waals surface area contributed by atoms with Crippen molar-refractivity contribution < 1.29 is 13.2 Å². The van der Waals surface area contributed by atoms with E-state index in [9.17, 15) is 13.2 Å². The van der Waals surface area contributed by atoms with Gasteiger partial charge in [-0.05, 0) is 53.3 Å². The van der Waals surface area contributed by atoms with Crippen LogP contribution >= 0.6 is 11.3 Å². The van der Waals surface area contributed by atoms with Crippen molar-refractivity contribution in [3.63, 3.8) is 0 Å². The first-order valence-electron chi connectivity index (χ1n) is 12.2. The summed E-state index contributed by atoms with van der Waals surface area (Å²) in [6.45, 7) is 1.04. The lowest BCUT2D eigenvalue weighted by molar-refractivity contribution is 0.0998. The molecule has 0 N–H and O–H groups in total. The Balaban J connectivity index is 1.32. The number of hydrogen-bond donors (Lipinski definition) is 0. The Morgan fingerprint density at radius 1 is 0.947 bits per heavy atom. The van der Waals surface area contributed by atoms with E-state index in [1.807, 2.05) is 65.2 Å². The van der Waals surface area contributed by atoms with Crippen LogP contribution in [0.1, 0.15) is 21.5 Å². The first-order valence-corrected chi connectivity index (χ1v) is 14.4. The summed E-state index contributed by atoms with van der Waals surface area (Å²) in [5, 5.41) is 2.17. The summed E-state index contributed by atoms with van der Waals surface area (Å²) in [6, 6.07) is 26.0. The molecule has 0 radical (unpaired) electrons. The van der Waals surface area contributed by atoms with Gasteiger partial charge in [0.1, 0.15) is 0 Å². The molecule has 2 heterocycles. The standard InChI is InChI=1S/C30H23N3O3S2/c1-2-18-33-27-16-13-22-8-5-6-10-26(22)28(27)37-30(33)31-29(34)23-11-14-25(15-12-23)38(35,36)32-19-17-21-7-3-4-9-24(21)20-32/h1,3-16H,17-20H2. The summed E-state index contributed by atoms with van der Waals surface area (Å²) in [5.41, 5.74) is 3.42. The van der Waals surface area contributed by atoms with Gasteiger partial charge in [-0.25, -0.2) is 8.42 Å². The molecule has 1 amide bonds. The molecule has 0 fully saturated rings. The van der Waals surface area contributed by atoms with Crippen LogP contribution in [0.25, 0.3) is 21.0 Å². The molecule has 0 saturated heterocycles. The number of hydrogen-bond acceptors (Lipinski definition) is 4. The summed E-state index contributed by atoms with van der Waals surface area (Å²) in [6.07, 6.45) is 6.30. The van der Waals surface area contributed by atoms with Gasteiger partial charge in [-0.3, -0.25) is 4.79 Å². The van der Waals surface area contributed by atoms with E-state index < -0.39 is 15.9 Å². The largest absolute Gasteiger partial charge is 0.305 e. The molecule has 4 aromatic carbocycles. The molecule has 6 rings (SSSR count). The number of rotatable bonds is 4. The van der Waals surface area contributed by atoms with Crippen LogP contribution in [0.3, 0.4) is 0 Å². The van der Waals surface area contributed by atoms with Crippen molar-refractivity contribution in [3.8, 4) is 12.3 Å². The van der Waals surface area contributed by atoms with Crippen molar-refractivity contribution >= 4 is 48.3 Å². The number of sulfonamides is 1. The molecule has 1 aromatic heterocycles. The molecule has 188 valence electrons. The highest BCUT2D eigenvalue weighted by atomic mass is 32.2. The van der Waals surface area contributed by atoms with E-state index in [0.29, 0.717) is 29.9 Å². The van der Waals surface area contributed by atoms with Gasteiger partial charge in [-0.1, -0.05) is 71.9 Å². The van der Waals surface area contributed by atoms with Crippen LogP contribution in [0, 0.1) is 12.3 Å². The fraction of sp³-hybridized carbons (Fsp3) is 0.133. The second kappa shape index (κ2) is 9.69. The molecule has 0 saturated carbocycles. The van der Waals surface area contributed by atoms with E-state index in [4.69, 9.17) is 6.42 Å². The predicted molar refractivity (Wildman–Crippen MR) is 150 cm³/mol. The molecular weight excluding hydrogens is 514 g/mol. The normalized spacial score (nSPS) is 14.4. The molecule has 0 aliphatic carbocycles. The average molecular weight is 538 g/mol. The van der Waals surface area contributed by atoms with E-state index in [1.165, 1.54) is 45.5 Å². The van der Waals surface area contributed by atoms with Gasteiger partial charge in [-0.15, -0.1) is 6.42 Å². The van der Waals surface area contributed by atoms with Crippen LogP contribution in [0.2, 0.25) is 0 Å². The monoisotopic (exact) mass is 537 g/mol. The zero-order chi connectivity index (χ0) is 26.3. The predicted octanol–water partition coefficient (Wildman–Crippen LogP) is 4.98. The van der Waals surface area contributed by atoms with Crippen molar-refractivity contribution in [1.29, 1.82) is 0 Å². The van der Waals surface area contributed by atoms with Crippen molar-refractivity contribution in [2.24, 2.45) is 4.99 Å². The molecule has 1 aliphatic heterocycles. The van der Waals surface area contributed by atoms with E-state index in [1.54, 1.807) is 0 Å². The van der Waals surface area contributed by atoms with Crippen molar-refractivity contribution in [3.05, 3.63) is 106 Å². The second-order valence-electron chi connectivity index (χ2n) is 9.11. The highest BCUT2D eigenvalue weighted by Crippen LogP contribution is 2.28. The quantitative estimate of drug-likeness (QED) is 0.304. The highest BCUT2D eigenvalue weighted by molar-refractivity contribution is 7.89. The van der Waals surface area contributed by atoms with Gasteiger partial charge in [0.25, 0.3) is 5.91 Å². The minimum atomic E-state index is -3.69. The Hall–Kier alpha value is -4.03. The SMILES string of the molecule is C#CCn1c(=NC(=O)c2ccc(S(=O)(=O)N3CCc4ccccc4C3)cc2)sc2c3ccccc3ccc21. The number of nitrogens with zero attached hydrogens (tertiary/aromatic N) is 3. The smallest absolute Gasteiger partial charge is 0.279 e. The van der Waals surface area contributed by atoms with Gasteiger partial charge in [0.2, 0.25) is 10.0 Å². The van der Waals surface area contributed by atoms with Crippen LogP contribution in [0.5, 0.6) is 0 Å². The van der Waals surface area contributed by atoms with E-state index in [-0.39, 0.29) is 11.4 Å². The Morgan fingerprint density at radius 3 is 2.47 bits per heavy atom. The zero-order valence-electron chi connectivity index (χ0n) is 20.4. The minimum Gasteiger partial charge on any atom is -0.305 e. The van der Waals surface area contributed by atoms with Gasteiger partial charge in [0, 0.05) is 24.0 Å². The summed E-state index contributed by atoms with van der Waals surface area (Å²) >= 11 is 1.41. The number of fused-ring (bicyclic) bond motifs is 4. The Kier molecular flexibility index (Phi) is 6.20. The lowest BCUT2D eigenvalue weighted by Crippen LogP contribution is -2.35. The molecule has 5 aromatic rings. The fourth-order valence-electron chi connectivity index (χ4n) is 4.87. The Bertz CT molecular complexity index is 1930. The molecule has 6 nitrogen and oxygen atoms in total. The van der Waals surface area contributed by atoms with Crippen LogP contribution in [0.4, 0.5) is 0 Å². The van der Waals surface area contributed by atoms with Gasteiger partial charge in [-0.2, -0.15) is 9.30 Å². The van der Waals surface area contributed by atoms with Crippen molar-refractivity contribution in [1.82, 2.24) is 8.87 Å². The van der Waals surface area contributed by atoms with E-state index in [2.05, 4.69) is 10.9 Å². The zero-order valence-corrected chi connectivity index (χ0v) is 22.0. The van der Waals surface area contributed by atoms with Crippen LogP contribution < -0.4 is 4.80 Å². The second-order valence-corrected chi connectivity index (χ2v) is 12.0. The number of terminal acetylenes is 1. The number of benzene rings is 4. The summed E-state index contributed by atoms with van der Waals surface area (Å²) in [4.78, 5) is 18.2. The highest BCUT2D eigenvalue weighted by Gasteiger charge is 2.28. The first-order chi connectivity index (χ1) is 18.5. The average Bonchev–Trinajstić information content (AvgIpc) is 3.30. The maximum atomic E-state index is 13.3. The van der Waals surface area contributed by atoms with Crippen LogP contribution in [0.15, 0.2) is 94.8 Å². The van der Waals surface area contributed by atoms with Gasteiger partial charge in [0.15, 0.2) is 4.80 Å². The van der Waals surface area contributed by atoms with E-state index in [0.717, 1.165) is 26.6 Å². The lowest BCUT2D eigenvalue weighted by Gasteiger charge is -2.28. The summed E-state index contributed by atoms with van der Waals surface area (Å²) in [7, 11) is -3.69. The van der Waals surface area contributed by atoms with Crippen molar-refractivity contribution in [2.45, 2.75) is 24.4 Å². The third kappa shape index (κ3) is 4.25. The summed E-state index contributed by atoms with van der Waals surface area (Å²) < 4.78 is 30.9. The number of carbonyl (C=O) groups is 1. The third-order valence-corrected chi connectivity index (χ3v) is 9.84. The summed E-state index contributed by atoms with van der Waals surface area (Å²) in [5.74, 6) is 2.20. The maximum absolute atomic E-state index is 13.3. The number of carbonyl (C=O) groups excluding carboxylic acids is 1. The van der Waals surface area contributed by atoms with Crippen LogP contribution in [-0.2, 0) is 29.5 Å². The number of thiazole rings is 1. The van der Waals surface area contributed by atoms with Gasteiger partial charge >= 0.3 is 0 Å². The van der Waals surface area contributed by atoms with Crippen LogP contribution in [-0.4, -0.2) is 29.7 Å². The lowest BCUT2D eigenvalue weighted by atomic mass is 10.0. The topological polar surface area (TPSA) is 71.7 Å². The molecule has 8 heteroatoms.